The fourth-order valence-corrected chi connectivity index (χ4v) is 1.79. The molecule has 0 unspecified atom stereocenters. The Labute approximate surface area is 96.4 Å². The highest BCUT2D eigenvalue weighted by atomic mass is 16.5. The average Bonchev–Trinajstić information content (AvgIpc) is 2.24. The molecule has 0 bridgehead atoms. The zero-order valence-corrected chi connectivity index (χ0v) is 10.5. The molecule has 0 saturated heterocycles. The maximum atomic E-state index is 11.7. The summed E-state index contributed by atoms with van der Waals surface area (Å²) in [5.41, 5.74) is 3.48. The number of hydrogen-bond donors (Lipinski definition) is 0. The lowest BCUT2D eigenvalue weighted by Crippen LogP contribution is -2.09. The summed E-state index contributed by atoms with van der Waals surface area (Å²) in [4.78, 5) is 11.7. The van der Waals surface area contributed by atoms with Crippen LogP contribution in [0.4, 0.5) is 0 Å². The molecule has 0 saturated carbocycles. The van der Waals surface area contributed by atoms with Crippen LogP contribution in [0.2, 0.25) is 0 Å². The Morgan fingerprint density at radius 1 is 1.25 bits per heavy atom. The van der Waals surface area contributed by atoms with Crippen molar-refractivity contribution in [1.29, 1.82) is 0 Å². The lowest BCUT2D eigenvalue weighted by Gasteiger charge is -2.14. The molecule has 0 amide bonds. The van der Waals surface area contributed by atoms with Gasteiger partial charge in [0.25, 0.3) is 0 Å². The van der Waals surface area contributed by atoms with Crippen molar-refractivity contribution in [3.8, 4) is 5.75 Å². The summed E-state index contributed by atoms with van der Waals surface area (Å²) < 4.78 is 10.3. The molecular formula is C13H18O3. The van der Waals surface area contributed by atoms with Gasteiger partial charge in [-0.2, -0.15) is 0 Å². The number of esters is 1. The van der Waals surface area contributed by atoms with E-state index in [9.17, 15) is 4.79 Å². The van der Waals surface area contributed by atoms with E-state index in [0.717, 1.165) is 22.4 Å². The monoisotopic (exact) mass is 222 g/mol. The fraction of sp³-hybridized carbons (Fsp3) is 0.462. The molecule has 0 fully saturated rings. The van der Waals surface area contributed by atoms with Gasteiger partial charge in [-0.25, -0.2) is 4.79 Å². The first-order chi connectivity index (χ1) is 7.52. The zero-order chi connectivity index (χ0) is 12.3. The Morgan fingerprint density at radius 2 is 1.88 bits per heavy atom. The third kappa shape index (κ3) is 2.18. The van der Waals surface area contributed by atoms with Crippen LogP contribution in [0, 0.1) is 20.8 Å². The molecular weight excluding hydrogens is 204 g/mol. The Bertz CT molecular complexity index is 408. The number of ether oxygens (including phenoxy) is 2. The van der Waals surface area contributed by atoms with Crippen molar-refractivity contribution in [2.45, 2.75) is 27.7 Å². The molecule has 0 aromatic heterocycles. The van der Waals surface area contributed by atoms with E-state index in [0.29, 0.717) is 12.2 Å². The van der Waals surface area contributed by atoms with Gasteiger partial charge in [-0.1, -0.05) is 0 Å². The van der Waals surface area contributed by atoms with Crippen molar-refractivity contribution in [2.75, 3.05) is 13.7 Å². The quantitative estimate of drug-likeness (QED) is 0.738. The normalized spacial score (nSPS) is 10.1. The largest absolute Gasteiger partial charge is 0.496 e. The van der Waals surface area contributed by atoms with Crippen LogP contribution < -0.4 is 4.74 Å². The Balaban J connectivity index is 3.28. The van der Waals surface area contributed by atoms with Gasteiger partial charge in [0.05, 0.1) is 19.3 Å². The van der Waals surface area contributed by atoms with Gasteiger partial charge in [0.1, 0.15) is 5.75 Å². The summed E-state index contributed by atoms with van der Waals surface area (Å²) >= 11 is 0. The highest BCUT2D eigenvalue weighted by Crippen LogP contribution is 2.28. The predicted octanol–water partition coefficient (Wildman–Crippen LogP) is 2.80. The van der Waals surface area contributed by atoms with Gasteiger partial charge in [0, 0.05) is 0 Å². The van der Waals surface area contributed by atoms with E-state index in [1.165, 1.54) is 0 Å². The van der Waals surface area contributed by atoms with Crippen molar-refractivity contribution in [1.82, 2.24) is 0 Å². The van der Waals surface area contributed by atoms with Crippen LogP contribution in [-0.4, -0.2) is 19.7 Å². The SMILES string of the molecule is CCOC(=O)c1cc(C)c(OC)c(C)c1C. The molecule has 3 nitrogen and oxygen atoms in total. The molecule has 3 heteroatoms. The molecule has 1 rings (SSSR count). The van der Waals surface area contributed by atoms with Crippen molar-refractivity contribution in [3.63, 3.8) is 0 Å². The van der Waals surface area contributed by atoms with Gasteiger partial charge >= 0.3 is 5.97 Å². The number of aryl methyl sites for hydroxylation is 1. The van der Waals surface area contributed by atoms with E-state index in [-0.39, 0.29) is 5.97 Å². The summed E-state index contributed by atoms with van der Waals surface area (Å²) in [6.07, 6.45) is 0. The van der Waals surface area contributed by atoms with Crippen LogP contribution in [-0.2, 0) is 4.74 Å². The lowest BCUT2D eigenvalue weighted by molar-refractivity contribution is 0.0525. The highest BCUT2D eigenvalue weighted by molar-refractivity contribution is 5.92. The number of benzene rings is 1. The molecule has 0 heterocycles. The minimum atomic E-state index is -0.270. The standard InChI is InChI=1S/C13H18O3/c1-6-16-13(14)11-7-8(2)12(15-5)10(4)9(11)3/h7H,6H2,1-5H3. The average molecular weight is 222 g/mol. The number of hydrogen-bond acceptors (Lipinski definition) is 3. The predicted molar refractivity (Wildman–Crippen MR) is 63.2 cm³/mol. The smallest absolute Gasteiger partial charge is 0.338 e. The molecule has 0 aliphatic carbocycles. The van der Waals surface area contributed by atoms with Crippen LogP contribution in [0.25, 0.3) is 0 Å². The van der Waals surface area contributed by atoms with Crippen LogP contribution in [0.3, 0.4) is 0 Å². The van der Waals surface area contributed by atoms with E-state index in [1.54, 1.807) is 14.0 Å². The third-order valence-corrected chi connectivity index (χ3v) is 2.73. The Kier molecular flexibility index (Phi) is 3.93. The van der Waals surface area contributed by atoms with Gasteiger partial charge in [0.15, 0.2) is 0 Å². The third-order valence-electron chi connectivity index (χ3n) is 2.73. The zero-order valence-electron chi connectivity index (χ0n) is 10.5. The molecule has 0 aliphatic heterocycles. The van der Waals surface area contributed by atoms with Gasteiger partial charge < -0.3 is 9.47 Å². The topological polar surface area (TPSA) is 35.5 Å². The van der Waals surface area contributed by atoms with Crippen LogP contribution in [0.1, 0.15) is 34.0 Å². The number of methoxy groups -OCH3 is 1. The van der Waals surface area contributed by atoms with E-state index in [1.807, 2.05) is 26.8 Å². The molecule has 0 radical (unpaired) electrons. The first kappa shape index (κ1) is 12.6. The van der Waals surface area contributed by atoms with E-state index in [2.05, 4.69) is 0 Å². The van der Waals surface area contributed by atoms with Crippen molar-refractivity contribution < 1.29 is 14.3 Å². The van der Waals surface area contributed by atoms with Crippen LogP contribution in [0.5, 0.6) is 5.75 Å². The maximum absolute atomic E-state index is 11.7. The van der Waals surface area contributed by atoms with E-state index >= 15 is 0 Å². The minimum absolute atomic E-state index is 0.270. The summed E-state index contributed by atoms with van der Waals surface area (Å²) in [5.74, 6) is 0.569. The number of carbonyl (C=O) groups excluding carboxylic acids is 1. The molecule has 1 aromatic rings. The van der Waals surface area contributed by atoms with Crippen molar-refractivity contribution >= 4 is 5.97 Å². The molecule has 88 valence electrons. The first-order valence-corrected chi connectivity index (χ1v) is 5.34. The summed E-state index contributed by atoms with van der Waals surface area (Å²) in [5, 5.41) is 0. The molecule has 0 N–H and O–H groups in total. The van der Waals surface area contributed by atoms with Gasteiger partial charge in [-0.3, -0.25) is 0 Å². The molecule has 1 aromatic carbocycles. The van der Waals surface area contributed by atoms with E-state index < -0.39 is 0 Å². The van der Waals surface area contributed by atoms with Crippen molar-refractivity contribution in [3.05, 3.63) is 28.3 Å². The Morgan fingerprint density at radius 3 is 2.38 bits per heavy atom. The molecule has 0 spiro atoms. The van der Waals surface area contributed by atoms with E-state index in [4.69, 9.17) is 9.47 Å². The first-order valence-electron chi connectivity index (χ1n) is 5.34. The minimum Gasteiger partial charge on any atom is -0.496 e. The molecule has 0 atom stereocenters. The number of carbonyl (C=O) groups is 1. The van der Waals surface area contributed by atoms with Gasteiger partial charge in [0.2, 0.25) is 0 Å². The fourth-order valence-electron chi connectivity index (χ4n) is 1.79. The number of rotatable bonds is 3. The second-order valence-corrected chi connectivity index (χ2v) is 3.74. The van der Waals surface area contributed by atoms with Crippen LogP contribution >= 0.6 is 0 Å². The van der Waals surface area contributed by atoms with Gasteiger partial charge in [-0.15, -0.1) is 0 Å². The van der Waals surface area contributed by atoms with Gasteiger partial charge in [-0.05, 0) is 50.5 Å². The summed E-state index contributed by atoms with van der Waals surface area (Å²) in [6.45, 7) is 7.97. The Hall–Kier alpha value is -1.51. The summed E-state index contributed by atoms with van der Waals surface area (Å²) in [6, 6.07) is 1.82. The van der Waals surface area contributed by atoms with Crippen LogP contribution in [0.15, 0.2) is 6.07 Å². The van der Waals surface area contributed by atoms with Crippen molar-refractivity contribution in [2.24, 2.45) is 0 Å². The highest BCUT2D eigenvalue weighted by Gasteiger charge is 2.16. The molecule has 16 heavy (non-hydrogen) atoms. The lowest BCUT2D eigenvalue weighted by atomic mass is 9.99. The molecule has 0 aliphatic rings. The second kappa shape index (κ2) is 5.01. The second-order valence-electron chi connectivity index (χ2n) is 3.74. The summed E-state index contributed by atoms with van der Waals surface area (Å²) in [7, 11) is 1.64. The maximum Gasteiger partial charge on any atom is 0.338 e.